The second-order valence-corrected chi connectivity index (χ2v) is 12.7. The number of sulfonamides is 1. The second kappa shape index (κ2) is 13.1. The van der Waals surface area contributed by atoms with E-state index in [1.807, 2.05) is 75.4 Å². The standard InChI is InChI=1S/C32H37N3O5S/c1-23(2)21-33-31(37)28(20-25-10-5-4-6-11-25)34(22-26-17-15-24(3)16-18-26)30(36)14-9-19-35-32(38)27-12-7-8-13-29(27)41(35,39)40/h4-8,10-13,15-18,23,28H,9,14,19-22H2,1-3H3,(H,33,37). The van der Waals surface area contributed by atoms with Crippen molar-refractivity contribution in [3.63, 3.8) is 0 Å². The molecule has 1 N–H and O–H groups in total. The third-order valence-corrected chi connectivity index (χ3v) is 8.93. The zero-order valence-electron chi connectivity index (χ0n) is 23.7. The van der Waals surface area contributed by atoms with Gasteiger partial charge in [-0.05, 0) is 42.5 Å². The maximum Gasteiger partial charge on any atom is 0.269 e. The monoisotopic (exact) mass is 575 g/mol. The fourth-order valence-corrected chi connectivity index (χ4v) is 6.44. The molecule has 9 heteroatoms. The van der Waals surface area contributed by atoms with E-state index in [0.29, 0.717) is 13.0 Å². The van der Waals surface area contributed by atoms with Gasteiger partial charge in [0.2, 0.25) is 11.8 Å². The van der Waals surface area contributed by atoms with Crippen LogP contribution >= 0.6 is 0 Å². The molecule has 41 heavy (non-hydrogen) atoms. The van der Waals surface area contributed by atoms with Crippen molar-refractivity contribution in [2.75, 3.05) is 13.1 Å². The van der Waals surface area contributed by atoms with Crippen molar-refractivity contribution in [2.45, 2.75) is 57.5 Å². The third kappa shape index (κ3) is 7.21. The van der Waals surface area contributed by atoms with E-state index in [1.54, 1.807) is 17.0 Å². The van der Waals surface area contributed by atoms with Crippen molar-refractivity contribution in [1.82, 2.24) is 14.5 Å². The van der Waals surface area contributed by atoms with Crippen molar-refractivity contribution in [2.24, 2.45) is 5.92 Å². The van der Waals surface area contributed by atoms with E-state index >= 15 is 0 Å². The van der Waals surface area contributed by atoms with E-state index in [-0.39, 0.29) is 54.1 Å². The summed E-state index contributed by atoms with van der Waals surface area (Å²) in [5.74, 6) is -0.871. The highest BCUT2D eigenvalue weighted by molar-refractivity contribution is 7.90. The Hall–Kier alpha value is -3.98. The van der Waals surface area contributed by atoms with E-state index in [2.05, 4.69) is 5.32 Å². The lowest BCUT2D eigenvalue weighted by Crippen LogP contribution is -2.51. The number of amides is 3. The number of aryl methyl sites for hydroxylation is 1. The molecule has 1 heterocycles. The molecule has 0 spiro atoms. The molecule has 3 aromatic carbocycles. The van der Waals surface area contributed by atoms with Gasteiger partial charge in [-0.25, -0.2) is 12.7 Å². The zero-order valence-corrected chi connectivity index (χ0v) is 24.6. The Morgan fingerprint density at radius 3 is 2.22 bits per heavy atom. The predicted molar refractivity (Wildman–Crippen MR) is 157 cm³/mol. The summed E-state index contributed by atoms with van der Waals surface area (Å²) in [7, 11) is -3.96. The molecule has 4 rings (SSSR count). The molecule has 0 radical (unpaired) electrons. The Balaban J connectivity index is 1.56. The average molecular weight is 576 g/mol. The first kappa shape index (κ1) is 30.0. The zero-order chi connectivity index (χ0) is 29.6. The number of hydrogen-bond acceptors (Lipinski definition) is 5. The van der Waals surface area contributed by atoms with Gasteiger partial charge in [0, 0.05) is 32.5 Å². The van der Waals surface area contributed by atoms with Crippen LogP contribution in [0.3, 0.4) is 0 Å². The molecule has 0 saturated carbocycles. The topological polar surface area (TPSA) is 104 Å². The molecule has 0 bridgehead atoms. The van der Waals surface area contributed by atoms with Gasteiger partial charge in [0.25, 0.3) is 15.9 Å². The Morgan fingerprint density at radius 2 is 1.56 bits per heavy atom. The minimum absolute atomic E-state index is 0.0120. The van der Waals surface area contributed by atoms with Gasteiger partial charge in [-0.3, -0.25) is 14.4 Å². The first-order chi connectivity index (χ1) is 19.6. The number of carbonyl (C=O) groups excluding carboxylic acids is 3. The van der Waals surface area contributed by atoms with E-state index in [0.717, 1.165) is 21.0 Å². The van der Waals surface area contributed by atoms with Crippen LogP contribution < -0.4 is 5.32 Å². The van der Waals surface area contributed by atoms with Gasteiger partial charge in [0.1, 0.15) is 10.9 Å². The molecule has 1 atom stereocenters. The normalized spacial score (nSPS) is 14.5. The van der Waals surface area contributed by atoms with Crippen LogP contribution in [0.5, 0.6) is 0 Å². The molecule has 8 nitrogen and oxygen atoms in total. The largest absolute Gasteiger partial charge is 0.354 e. The summed E-state index contributed by atoms with van der Waals surface area (Å²) >= 11 is 0. The molecule has 0 aromatic heterocycles. The maximum atomic E-state index is 13.8. The second-order valence-electron chi connectivity index (χ2n) is 10.8. The molecule has 1 aliphatic rings. The molecular formula is C32H37N3O5S. The Labute approximate surface area is 242 Å². The van der Waals surface area contributed by atoms with Gasteiger partial charge in [-0.2, -0.15) is 0 Å². The third-order valence-electron chi connectivity index (χ3n) is 7.09. The van der Waals surface area contributed by atoms with E-state index in [1.165, 1.54) is 12.1 Å². The lowest BCUT2D eigenvalue weighted by atomic mass is 10.0. The molecule has 1 aliphatic heterocycles. The fraction of sp³-hybridized carbons (Fsp3) is 0.344. The quantitative estimate of drug-likeness (QED) is 0.346. The molecular weight excluding hydrogens is 538 g/mol. The molecule has 0 saturated heterocycles. The fourth-order valence-electron chi connectivity index (χ4n) is 4.84. The van der Waals surface area contributed by atoms with Crippen LogP contribution in [-0.4, -0.2) is 54.5 Å². The summed E-state index contributed by atoms with van der Waals surface area (Å²) in [6.45, 7) is 6.57. The van der Waals surface area contributed by atoms with Crippen LogP contribution in [-0.2, 0) is 32.6 Å². The number of carbonyl (C=O) groups is 3. The number of fused-ring (bicyclic) bond motifs is 1. The maximum absolute atomic E-state index is 13.8. The first-order valence-electron chi connectivity index (χ1n) is 13.9. The number of benzene rings is 3. The van der Waals surface area contributed by atoms with Crippen molar-refractivity contribution in [1.29, 1.82) is 0 Å². The summed E-state index contributed by atoms with van der Waals surface area (Å²) in [4.78, 5) is 41.7. The lowest BCUT2D eigenvalue weighted by molar-refractivity contribution is -0.141. The highest BCUT2D eigenvalue weighted by atomic mass is 32.2. The van der Waals surface area contributed by atoms with Crippen molar-refractivity contribution >= 4 is 27.7 Å². The number of hydrogen-bond donors (Lipinski definition) is 1. The SMILES string of the molecule is Cc1ccc(CN(C(=O)CCCN2C(=O)c3ccccc3S2(=O)=O)C(Cc2ccccc2)C(=O)NCC(C)C)cc1. The molecule has 0 fully saturated rings. The Bertz CT molecular complexity index is 1490. The van der Waals surface area contributed by atoms with Crippen LogP contribution in [0.1, 0.15) is 53.7 Å². The minimum Gasteiger partial charge on any atom is -0.354 e. The molecule has 3 aromatic rings. The van der Waals surface area contributed by atoms with Crippen molar-refractivity contribution in [3.05, 3.63) is 101 Å². The van der Waals surface area contributed by atoms with Gasteiger partial charge in [-0.15, -0.1) is 0 Å². The summed E-state index contributed by atoms with van der Waals surface area (Å²) in [5, 5.41) is 3.00. The average Bonchev–Trinajstić information content (AvgIpc) is 3.15. The highest BCUT2D eigenvalue weighted by Gasteiger charge is 2.40. The van der Waals surface area contributed by atoms with Crippen LogP contribution in [0.15, 0.2) is 83.8 Å². The number of rotatable bonds is 12. The minimum atomic E-state index is -3.96. The van der Waals surface area contributed by atoms with Crippen molar-refractivity contribution in [3.8, 4) is 0 Å². The Morgan fingerprint density at radius 1 is 0.902 bits per heavy atom. The molecule has 216 valence electrons. The van der Waals surface area contributed by atoms with Gasteiger partial charge < -0.3 is 10.2 Å². The van der Waals surface area contributed by atoms with Crippen LogP contribution in [0.25, 0.3) is 0 Å². The number of nitrogens with zero attached hydrogens (tertiary/aromatic N) is 2. The van der Waals surface area contributed by atoms with Crippen LogP contribution in [0, 0.1) is 12.8 Å². The Kier molecular flexibility index (Phi) is 9.60. The highest BCUT2D eigenvalue weighted by Crippen LogP contribution is 2.30. The smallest absolute Gasteiger partial charge is 0.269 e. The lowest BCUT2D eigenvalue weighted by Gasteiger charge is -2.32. The van der Waals surface area contributed by atoms with Crippen molar-refractivity contribution < 1.29 is 22.8 Å². The first-order valence-corrected chi connectivity index (χ1v) is 15.3. The summed E-state index contributed by atoms with van der Waals surface area (Å²) in [5.41, 5.74) is 3.03. The van der Waals surface area contributed by atoms with E-state index in [4.69, 9.17) is 0 Å². The van der Waals surface area contributed by atoms with E-state index in [9.17, 15) is 22.8 Å². The van der Waals surface area contributed by atoms with Gasteiger partial charge >= 0.3 is 0 Å². The van der Waals surface area contributed by atoms with Gasteiger partial charge in [-0.1, -0.05) is 86.1 Å². The summed E-state index contributed by atoms with van der Waals surface area (Å²) in [6, 6.07) is 22.7. The summed E-state index contributed by atoms with van der Waals surface area (Å²) in [6.07, 6.45) is 0.439. The molecule has 3 amide bonds. The van der Waals surface area contributed by atoms with Gasteiger partial charge in [0.05, 0.1) is 5.56 Å². The summed E-state index contributed by atoms with van der Waals surface area (Å²) < 4.78 is 26.8. The molecule has 1 unspecified atom stereocenters. The predicted octanol–water partition coefficient (Wildman–Crippen LogP) is 4.33. The van der Waals surface area contributed by atoms with Crippen LogP contribution in [0.4, 0.5) is 0 Å². The van der Waals surface area contributed by atoms with E-state index < -0.39 is 22.0 Å². The molecule has 0 aliphatic carbocycles. The van der Waals surface area contributed by atoms with Gasteiger partial charge in [0.15, 0.2) is 0 Å². The number of nitrogens with one attached hydrogen (secondary N) is 1. The van der Waals surface area contributed by atoms with Crippen LogP contribution in [0.2, 0.25) is 0 Å².